The van der Waals surface area contributed by atoms with Gasteiger partial charge >= 0.3 is 0 Å². The molecule has 1 fully saturated rings. The summed E-state index contributed by atoms with van der Waals surface area (Å²) in [6.07, 6.45) is 6.66. The molecule has 0 bridgehead atoms. The van der Waals surface area contributed by atoms with E-state index in [1.807, 2.05) is 0 Å². The van der Waals surface area contributed by atoms with E-state index in [-0.39, 0.29) is 0 Å². The van der Waals surface area contributed by atoms with Gasteiger partial charge in [-0.05, 0) is 18.8 Å². The Hall–Kier alpha value is -0.530. The summed E-state index contributed by atoms with van der Waals surface area (Å²) in [5.74, 6) is 0.485. The molecule has 1 radical (unpaired) electrons. The molecule has 1 aliphatic carbocycles. The van der Waals surface area contributed by atoms with Crippen molar-refractivity contribution in [2.24, 2.45) is 5.92 Å². The summed E-state index contributed by atoms with van der Waals surface area (Å²) in [4.78, 5) is 10.2. The fraction of sp³-hybridized carbons (Fsp3) is 0.875. The number of carbonyl (C=O) groups is 1. The van der Waals surface area contributed by atoms with Crippen LogP contribution in [0.15, 0.2) is 0 Å². The molecule has 0 heterocycles. The molecule has 0 saturated heterocycles. The van der Waals surface area contributed by atoms with E-state index in [2.05, 4.69) is 0 Å². The molecular formula is C8H14NO. The first-order chi connectivity index (χ1) is 4.79. The third kappa shape index (κ3) is 2.38. The molecule has 2 nitrogen and oxygen atoms in total. The van der Waals surface area contributed by atoms with Crippen molar-refractivity contribution in [1.29, 1.82) is 0 Å². The molecule has 2 heteroatoms. The lowest BCUT2D eigenvalue weighted by molar-refractivity contribution is -0.118. The highest BCUT2D eigenvalue weighted by Gasteiger charge is 2.16. The van der Waals surface area contributed by atoms with E-state index in [1.165, 1.54) is 25.7 Å². The van der Waals surface area contributed by atoms with Gasteiger partial charge in [-0.15, -0.1) is 0 Å². The molecule has 0 unspecified atom stereocenters. The zero-order chi connectivity index (χ0) is 7.40. The van der Waals surface area contributed by atoms with E-state index in [4.69, 9.17) is 5.73 Å². The normalized spacial score (nSPS) is 18.4. The van der Waals surface area contributed by atoms with Crippen LogP contribution >= 0.6 is 0 Å². The minimum atomic E-state index is -0.403. The second-order valence-corrected chi connectivity index (χ2v) is 3.11. The number of nitrogens with one attached hydrogen (secondary N) is 1. The summed E-state index contributed by atoms with van der Waals surface area (Å²) < 4.78 is 0. The van der Waals surface area contributed by atoms with Crippen LogP contribution in [0, 0.1) is 5.92 Å². The van der Waals surface area contributed by atoms with Crippen LogP contribution in [0.2, 0.25) is 0 Å². The van der Waals surface area contributed by atoms with Gasteiger partial charge in [-0.1, -0.05) is 19.3 Å². The Balaban J connectivity index is 1.89. The number of carbonyl (C=O) groups excluding carboxylic acids is 1. The summed E-state index contributed by atoms with van der Waals surface area (Å²) in [6, 6.07) is 0. The first-order valence-corrected chi connectivity index (χ1v) is 4.03. The molecule has 0 aromatic rings. The maximum absolute atomic E-state index is 10.2. The van der Waals surface area contributed by atoms with E-state index in [9.17, 15) is 4.79 Å². The monoisotopic (exact) mass is 140 g/mol. The van der Waals surface area contributed by atoms with Gasteiger partial charge < -0.3 is 0 Å². The minimum Gasteiger partial charge on any atom is -0.273 e. The number of amides is 1. The second-order valence-electron chi connectivity index (χ2n) is 3.11. The molecule has 1 N–H and O–H groups in total. The molecule has 0 aromatic heterocycles. The highest BCUT2D eigenvalue weighted by atomic mass is 16.1. The van der Waals surface area contributed by atoms with Crippen LogP contribution in [-0.2, 0) is 4.79 Å². The SMILES string of the molecule is [NH]C(=O)CCCC1CCC1. The Labute approximate surface area is 61.8 Å². The Kier molecular flexibility index (Phi) is 2.72. The van der Waals surface area contributed by atoms with Crippen LogP contribution in [0.3, 0.4) is 0 Å². The Morgan fingerprint density at radius 3 is 2.60 bits per heavy atom. The van der Waals surface area contributed by atoms with Crippen molar-refractivity contribution in [2.75, 3.05) is 0 Å². The summed E-state index contributed by atoms with van der Waals surface area (Å²) in [5.41, 5.74) is 6.66. The number of rotatable bonds is 4. The van der Waals surface area contributed by atoms with Gasteiger partial charge in [0.1, 0.15) is 0 Å². The molecule has 57 valence electrons. The van der Waals surface area contributed by atoms with Crippen LogP contribution in [0.5, 0.6) is 0 Å². The Morgan fingerprint density at radius 2 is 2.20 bits per heavy atom. The lowest BCUT2D eigenvalue weighted by Gasteiger charge is -2.24. The minimum absolute atomic E-state index is 0.403. The van der Waals surface area contributed by atoms with E-state index >= 15 is 0 Å². The lowest BCUT2D eigenvalue weighted by Crippen LogP contribution is -2.11. The van der Waals surface area contributed by atoms with E-state index < -0.39 is 5.91 Å². The van der Waals surface area contributed by atoms with Crippen LogP contribution in [0.1, 0.15) is 38.5 Å². The highest BCUT2D eigenvalue weighted by Crippen LogP contribution is 2.30. The third-order valence-electron chi connectivity index (χ3n) is 2.24. The average Bonchev–Trinajstić information content (AvgIpc) is 1.75. The van der Waals surface area contributed by atoms with Crippen molar-refractivity contribution >= 4 is 5.91 Å². The first kappa shape index (κ1) is 7.58. The molecule has 0 atom stereocenters. The van der Waals surface area contributed by atoms with Crippen LogP contribution in [-0.4, -0.2) is 5.91 Å². The van der Waals surface area contributed by atoms with Gasteiger partial charge in [-0.3, -0.25) is 10.5 Å². The molecule has 1 rings (SSSR count). The Bertz CT molecular complexity index is 118. The van der Waals surface area contributed by atoms with Crippen molar-refractivity contribution < 1.29 is 4.79 Å². The van der Waals surface area contributed by atoms with E-state index in [0.29, 0.717) is 6.42 Å². The molecule has 10 heavy (non-hydrogen) atoms. The lowest BCUT2D eigenvalue weighted by atomic mass is 9.82. The molecule has 0 spiro atoms. The zero-order valence-corrected chi connectivity index (χ0v) is 6.23. The quantitative estimate of drug-likeness (QED) is 0.586. The summed E-state index contributed by atoms with van der Waals surface area (Å²) in [7, 11) is 0. The van der Waals surface area contributed by atoms with E-state index in [1.54, 1.807) is 0 Å². The van der Waals surface area contributed by atoms with E-state index in [0.717, 1.165) is 12.3 Å². The fourth-order valence-electron chi connectivity index (χ4n) is 1.33. The van der Waals surface area contributed by atoms with Crippen LogP contribution in [0.25, 0.3) is 0 Å². The maximum atomic E-state index is 10.2. The third-order valence-corrected chi connectivity index (χ3v) is 2.24. The summed E-state index contributed by atoms with van der Waals surface area (Å²) in [6.45, 7) is 0. The van der Waals surface area contributed by atoms with Crippen molar-refractivity contribution in [1.82, 2.24) is 5.73 Å². The number of hydrogen-bond donors (Lipinski definition) is 0. The van der Waals surface area contributed by atoms with Gasteiger partial charge in [-0.25, -0.2) is 0 Å². The van der Waals surface area contributed by atoms with Gasteiger partial charge in [0.2, 0.25) is 5.91 Å². The van der Waals surface area contributed by atoms with Crippen molar-refractivity contribution in [3.63, 3.8) is 0 Å². The maximum Gasteiger partial charge on any atom is 0.238 e. The second kappa shape index (κ2) is 3.59. The van der Waals surface area contributed by atoms with Gasteiger partial charge in [-0.2, -0.15) is 0 Å². The predicted molar refractivity (Wildman–Crippen MR) is 39.3 cm³/mol. The summed E-state index contributed by atoms with van der Waals surface area (Å²) in [5, 5.41) is 0. The Morgan fingerprint density at radius 1 is 1.50 bits per heavy atom. The standard InChI is InChI=1S/C8H14NO/c9-8(10)6-2-5-7-3-1-4-7/h7,9H,1-6H2. The smallest absolute Gasteiger partial charge is 0.238 e. The van der Waals surface area contributed by atoms with Crippen LogP contribution < -0.4 is 5.73 Å². The van der Waals surface area contributed by atoms with Gasteiger partial charge in [0, 0.05) is 6.42 Å². The van der Waals surface area contributed by atoms with Gasteiger partial charge in [0.15, 0.2) is 0 Å². The topological polar surface area (TPSA) is 40.9 Å². The number of hydrogen-bond acceptors (Lipinski definition) is 1. The van der Waals surface area contributed by atoms with Gasteiger partial charge in [0.25, 0.3) is 0 Å². The molecule has 1 saturated carbocycles. The van der Waals surface area contributed by atoms with Crippen molar-refractivity contribution in [2.45, 2.75) is 38.5 Å². The molecule has 0 aliphatic heterocycles. The molecular weight excluding hydrogens is 126 g/mol. The van der Waals surface area contributed by atoms with Crippen LogP contribution in [0.4, 0.5) is 0 Å². The van der Waals surface area contributed by atoms with Gasteiger partial charge in [0.05, 0.1) is 0 Å². The molecule has 0 aromatic carbocycles. The molecule has 1 aliphatic rings. The van der Waals surface area contributed by atoms with Crippen molar-refractivity contribution in [3.05, 3.63) is 0 Å². The predicted octanol–water partition coefficient (Wildman–Crippen LogP) is 1.77. The zero-order valence-electron chi connectivity index (χ0n) is 6.23. The van der Waals surface area contributed by atoms with Crippen molar-refractivity contribution in [3.8, 4) is 0 Å². The highest BCUT2D eigenvalue weighted by molar-refractivity contribution is 5.72. The fourth-order valence-corrected chi connectivity index (χ4v) is 1.33. The molecule has 1 amide bonds. The average molecular weight is 140 g/mol. The first-order valence-electron chi connectivity index (χ1n) is 4.03. The largest absolute Gasteiger partial charge is 0.273 e. The summed E-state index contributed by atoms with van der Waals surface area (Å²) >= 11 is 0.